The van der Waals surface area contributed by atoms with Crippen LogP contribution in [0.1, 0.15) is 42.7 Å². The molecule has 0 saturated carbocycles. The summed E-state index contributed by atoms with van der Waals surface area (Å²) in [6.07, 6.45) is -1.30. The molecule has 35 heavy (non-hydrogen) atoms. The maximum atomic E-state index is 13.3. The molecule has 3 aromatic heterocycles. The van der Waals surface area contributed by atoms with Crippen molar-refractivity contribution in [2.24, 2.45) is 5.92 Å². The number of alkyl halides is 3. The van der Waals surface area contributed by atoms with E-state index in [2.05, 4.69) is 23.2 Å². The van der Waals surface area contributed by atoms with E-state index in [0.29, 0.717) is 37.8 Å². The van der Waals surface area contributed by atoms with Gasteiger partial charge in [0.2, 0.25) is 17.7 Å². The zero-order valence-electron chi connectivity index (χ0n) is 19.0. The van der Waals surface area contributed by atoms with Gasteiger partial charge in [-0.25, -0.2) is 10.5 Å². The number of hydrogen-bond donors (Lipinski definition) is 2. The van der Waals surface area contributed by atoms with E-state index in [9.17, 15) is 18.0 Å². The largest absolute Gasteiger partial charge is 0.451 e. The van der Waals surface area contributed by atoms with Gasteiger partial charge in [0.25, 0.3) is 0 Å². The topological polar surface area (TPSA) is 112 Å². The van der Waals surface area contributed by atoms with Crippen LogP contribution in [-0.2, 0) is 30.5 Å². The van der Waals surface area contributed by atoms with Crippen molar-refractivity contribution in [2.75, 3.05) is 29.4 Å². The van der Waals surface area contributed by atoms with Gasteiger partial charge in [-0.1, -0.05) is 13.3 Å². The van der Waals surface area contributed by atoms with Gasteiger partial charge in [-0.3, -0.25) is 10.0 Å². The molecule has 1 unspecified atom stereocenters. The Morgan fingerprint density at radius 2 is 2.06 bits per heavy atom. The molecule has 0 bridgehead atoms. The van der Waals surface area contributed by atoms with E-state index in [0.717, 1.165) is 38.9 Å². The fraction of sp³-hybridized carbons (Fsp3) is 0.571. The van der Waals surface area contributed by atoms with Crippen molar-refractivity contribution in [3.8, 4) is 0 Å². The first-order valence-corrected chi connectivity index (χ1v) is 12.3. The number of hydrogen-bond acceptors (Lipinski definition) is 9. The van der Waals surface area contributed by atoms with Crippen LogP contribution in [0.3, 0.4) is 0 Å². The van der Waals surface area contributed by atoms with Crippen LogP contribution in [-0.4, -0.2) is 55.5 Å². The highest BCUT2D eigenvalue weighted by Crippen LogP contribution is 2.36. The minimum atomic E-state index is -4.56. The molecular formula is C21H25F3N8O2S. The quantitative estimate of drug-likeness (QED) is 0.398. The highest BCUT2D eigenvalue weighted by Gasteiger charge is 2.40. The third kappa shape index (κ3) is 4.51. The molecule has 10 nitrogen and oxygen atoms in total. The van der Waals surface area contributed by atoms with Crippen molar-refractivity contribution in [2.45, 2.75) is 51.9 Å². The summed E-state index contributed by atoms with van der Waals surface area (Å²) >= 11 is 1.58. The molecule has 0 aromatic carbocycles. The summed E-state index contributed by atoms with van der Waals surface area (Å²) in [5.41, 5.74) is 1.73. The molecule has 2 N–H and O–H groups in total. The van der Waals surface area contributed by atoms with Gasteiger partial charge in [0.1, 0.15) is 10.6 Å². The van der Waals surface area contributed by atoms with Gasteiger partial charge in [0.05, 0.1) is 17.8 Å². The summed E-state index contributed by atoms with van der Waals surface area (Å²) in [6.45, 7) is 3.67. The van der Waals surface area contributed by atoms with E-state index in [-0.39, 0.29) is 24.8 Å². The molecular weight excluding hydrogens is 485 g/mol. The lowest BCUT2D eigenvalue weighted by molar-refractivity contribution is -0.147. The Hall–Kier alpha value is -3.00. The monoisotopic (exact) mass is 510 g/mol. The Morgan fingerprint density at radius 1 is 1.23 bits per heavy atom. The van der Waals surface area contributed by atoms with E-state index in [1.54, 1.807) is 16.8 Å². The van der Waals surface area contributed by atoms with Gasteiger partial charge >= 0.3 is 6.18 Å². The maximum absolute atomic E-state index is 13.3. The fourth-order valence-electron chi connectivity index (χ4n) is 4.71. The minimum absolute atomic E-state index is 0.0897. The molecule has 5 heterocycles. The molecule has 1 amide bonds. The van der Waals surface area contributed by atoms with Gasteiger partial charge < -0.3 is 14.4 Å². The maximum Gasteiger partial charge on any atom is 0.451 e. The lowest BCUT2D eigenvalue weighted by Crippen LogP contribution is -2.43. The first-order valence-electron chi connectivity index (χ1n) is 11.5. The number of amides is 1. The van der Waals surface area contributed by atoms with Gasteiger partial charge in [-0.05, 0) is 25.3 Å². The smallest absolute Gasteiger partial charge is 0.347 e. The molecule has 0 radical (unpaired) electrons. The average Bonchev–Trinajstić information content (AvgIpc) is 3.46. The van der Waals surface area contributed by atoms with Crippen molar-refractivity contribution in [1.82, 2.24) is 30.2 Å². The number of thiophene rings is 1. The van der Waals surface area contributed by atoms with Crippen molar-refractivity contribution in [3.63, 3.8) is 0 Å². The summed E-state index contributed by atoms with van der Waals surface area (Å²) in [4.78, 5) is 27.4. The Kier molecular flexibility index (Phi) is 6.25. The number of nitrogens with zero attached hydrogens (tertiary/aromatic N) is 7. The number of rotatable bonds is 5. The van der Waals surface area contributed by atoms with Crippen LogP contribution in [0.15, 0.2) is 6.07 Å². The van der Waals surface area contributed by atoms with Gasteiger partial charge in [0.15, 0.2) is 5.82 Å². The van der Waals surface area contributed by atoms with Crippen LogP contribution >= 0.6 is 11.3 Å². The predicted octanol–water partition coefficient (Wildman–Crippen LogP) is 3.00. The third-order valence-corrected chi connectivity index (χ3v) is 7.49. The molecule has 0 aliphatic carbocycles. The average molecular weight is 511 g/mol. The Balaban J connectivity index is 1.52. The number of carbonyl (C=O) groups is 1. The predicted molar refractivity (Wildman–Crippen MR) is 122 cm³/mol. The zero-order chi connectivity index (χ0) is 24.7. The second kappa shape index (κ2) is 9.22. The SMILES string of the molecule is CCCc1cc2c(N3CCn4c(nnc4C(F)(F)F)C3)nc(N3CCCC(C(=O)NO)C3)nc2s1. The number of fused-ring (bicyclic) bond motifs is 2. The molecule has 2 aliphatic heterocycles. The van der Waals surface area contributed by atoms with E-state index < -0.39 is 17.9 Å². The molecule has 188 valence electrons. The molecule has 5 rings (SSSR count). The lowest BCUT2D eigenvalue weighted by atomic mass is 9.98. The van der Waals surface area contributed by atoms with E-state index >= 15 is 0 Å². The molecule has 1 atom stereocenters. The number of carbonyl (C=O) groups excluding carboxylic acids is 1. The number of piperidine rings is 1. The highest BCUT2D eigenvalue weighted by molar-refractivity contribution is 7.18. The van der Waals surface area contributed by atoms with Crippen LogP contribution in [0.5, 0.6) is 0 Å². The lowest BCUT2D eigenvalue weighted by Gasteiger charge is -2.33. The number of nitrogens with one attached hydrogen (secondary N) is 1. The van der Waals surface area contributed by atoms with Gasteiger partial charge in [-0.15, -0.1) is 21.5 Å². The van der Waals surface area contributed by atoms with Crippen LogP contribution in [0.25, 0.3) is 10.2 Å². The van der Waals surface area contributed by atoms with Crippen LogP contribution in [0.2, 0.25) is 0 Å². The molecule has 1 saturated heterocycles. The van der Waals surface area contributed by atoms with Crippen LogP contribution in [0, 0.1) is 5.92 Å². The second-order valence-electron chi connectivity index (χ2n) is 8.80. The molecule has 0 spiro atoms. The summed E-state index contributed by atoms with van der Waals surface area (Å²) < 4.78 is 41.0. The number of hydroxylamine groups is 1. The van der Waals surface area contributed by atoms with Crippen molar-refractivity contribution in [1.29, 1.82) is 0 Å². The Bertz CT molecular complexity index is 1240. The highest BCUT2D eigenvalue weighted by atomic mass is 32.1. The summed E-state index contributed by atoms with van der Waals surface area (Å²) in [7, 11) is 0. The summed E-state index contributed by atoms with van der Waals surface area (Å²) in [5.74, 6) is -0.462. The van der Waals surface area contributed by atoms with Crippen molar-refractivity contribution >= 4 is 39.2 Å². The minimum Gasteiger partial charge on any atom is -0.347 e. The van der Waals surface area contributed by atoms with Crippen LogP contribution < -0.4 is 15.3 Å². The summed E-state index contributed by atoms with van der Waals surface area (Å²) in [5, 5.41) is 17.1. The van der Waals surface area contributed by atoms with E-state index in [1.165, 1.54) is 0 Å². The van der Waals surface area contributed by atoms with Crippen molar-refractivity contribution in [3.05, 3.63) is 22.6 Å². The second-order valence-corrected chi connectivity index (χ2v) is 9.92. The molecule has 3 aromatic rings. The number of halogens is 3. The first-order chi connectivity index (χ1) is 16.8. The van der Waals surface area contributed by atoms with Gasteiger partial charge in [0, 0.05) is 31.1 Å². The first kappa shape index (κ1) is 23.7. The number of anilines is 2. The standard InChI is InChI=1S/C21H25F3N8O2S/c1-2-4-13-9-14-16(30-7-8-32-15(11-30)27-28-19(32)21(22,23)24)25-20(26-18(14)35-13)31-6-3-5-12(10-31)17(33)29-34/h9,12,34H,2-8,10-11H2,1H3,(H,29,33). The third-order valence-electron chi connectivity index (χ3n) is 6.40. The number of aromatic nitrogens is 5. The molecule has 1 fully saturated rings. The van der Waals surface area contributed by atoms with E-state index in [4.69, 9.17) is 15.2 Å². The van der Waals surface area contributed by atoms with Gasteiger partial charge in [-0.2, -0.15) is 18.2 Å². The van der Waals surface area contributed by atoms with E-state index in [1.807, 2.05) is 9.80 Å². The van der Waals surface area contributed by atoms with Crippen LogP contribution in [0.4, 0.5) is 24.9 Å². The fourth-order valence-corrected chi connectivity index (χ4v) is 5.83. The molecule has 2 aliphatic rings. The Morgan fingerprint density at radius 3 is 2.80 bits per heavy atom. The molecule has 14 heteroatoms. The summed E-state index contributed by atoms with van der Waals surface area (Å²) in [6, 6.07) is 2.06. The number of aryl methyl sites for hydroxylation is 1. The zero-order valence-corrected chi connectivity index (χ0v) is 19.9. The normalized spacial score (nSPS) is 18.7. The Labute approximate surface area is 202 Å². The van der Waals surface area contributed by atoms with Crippen molar-refractivity contribution < 1.29 is 23.2 Å².